The molecule has 0 atom stereocenters. The van der Waals surface area contributed by atoms with Crippen LogP contribution in [0.4, 0.5) is 0 Å². The molecule has 0 aromatic carbocycles. The summed E-state index contributed by atoms with van der Waals surface area (Å²) >= 11 is 0. The zero-order valence-corrected chi connectivity index (χ0v) is 28.9. The van der Waals surface area contributed by atoms with Crippen LogP contribution in [0, 0.1) is 0 Å². The van der Waals surface area contributed by atoms with Gasteiger partial charge in [-0.3, -0.25) is 15.0 Å². The first-order valence-corrected chi connectivity index (χ1v) is 15.8. The highest BCUT2D eigenvalue weighted by atomic mass is 15.1. The van der Waals surface area contributed by atoms with Gasteiger partial charge in [-0.25, -0.2) is 9.97 Å². The van der Waals surface area contributed by atoms with E-state index in [-0.39, 0.29) is 0 Å². The predicted octanol–water partition coefficient (Wildman–Crippen LogP) is 9.81. The van der Waals surface area contributed by atoms with E-state index in [2.05, 4.69) is 104 Å². The third-order valence-corrected chi connectivity index (χ3v) is 6.12. The van der Waals surface area contributed by atoms with Crippen LogP contribution in [0.5, 0.6) is 0 Å². The molecule has 0 radical (unpaired) electrons. The molecule has 0 N–H and O–H groups in total. The fourth-order valence-corrected chi connectivity index (χ4v) is 3.38. The second-order valence-electron chi connectivity index (χ2n) is 11.8. The van der Waals surface area contributed by atoms with E-state index >= 15 is 0 Å². The van der Waals surface area contributed by atoms with Gasteiger partial charge >= 0.3 is 0 Å². The summed E-state index contributed by atoms with van der Waals surface area (Å²) in [5.74, 6) is 3.48. The second kappa shape index (κ2) is 23.1. The highest BCUT2D eigenvalue weighted by molar-refractivity contribution is 5.08. The molecule has 0 aliphatic heterocycles. The van der Waals surface area contributed by atoms with Crippen molar-refractivity contribution in [3.05, 3.63) is 139 Å². The third kappa shape index (κ3) is 18.1. The Hall–Kier alpha value is -4.39. The van der Waals surface area contributed by atoms with E-state index < -0.39 is 0 Å². The number of hydrogen-bond donors (Lipinski definition) is 0. The van der Waals surface area contributed by atoms with E-state index in [0.717, 1.165) is 28.6 Å². The molecule has 5 aromatic heterocycles. The maximum Gasteiger partial charge on any atom is 0.130 e. The Bertz CT molecular complexity index is 1090. The molecule has 5 heterocycles. The van der Waals surface area contributed by atoms with Crippen molar-refractivity contribution < 1.29 is 0 Å². The zero-order chi connectivity index (χ0) is 33.5. The monoisotopic (exact) mass is 607 g/mol. The summed E-state index contributed by atoms with van der Waals surface area (Å²) in [6, 6.07) is 23.7. The first kappa shape index (κ1) is 38.6. The lowest BCUT2D eigenvalue weighted by molar-refractivity contribution is 0.774. The molecule has 45 heavy (non-hydrogen) atoms. The van der Waals surface area contributed by atoms with E-state index in [1.165, 1.54) is 0 Å². The number of nitrogens with zero attached hydrogens (tertiary/aromatic N) is 7. The normalized spacial score (nSPS) is 10.1. The summed E-state index contributed by atoms with van der Waals surface area (Å²) in [4.78, 5) is 20.7. The average Bonchev–Trinajstić information content (AvgIpc) is 3.08. The topological polar surface area (TPSA) is 90.2 Å². The summed E-state index contributed by atoms with van der Waals surface area (Å²) in [5, 5.41) is 7.68. The van der Waals surface area contributed by atoms with Crippen LogP contribution in [0.2, 0.25) is 0 Å². The Morgan fingerprint density at radius 3 is 0.889 bits per heavy atom. The van der Waals surface area contributed by atoms with Gasteiger partial charge in [0.1, 0.15) is 5.82 Å². The van der Waals surface area contributed by atoms with Crippen molar-refractivity contribution in [1.82, 2.24) is 35.1 Å². The minimum Gasteiger partial charge on any atom is -0.261 e. The van der Waals surface area contributed by atoms with Crippen molar-refractivity contribution >= 4 is 0 Å². The van der Waals surface area contributed by atoms with Gasteiger partial charge in [-0.15, -0.1) is 0 Å². The number of aromatic nitrogens is 7. The van der Waals surface area contributed by atoms with Crippen LogP contribution in [0.25, 0.3) is 0 Å². The molecule has 5 rings (SSSR count). The Labute approximate surface area is 272 Å². The maximum absolute atomic E-state index is 4.18. The first-order chi connectivity index (χ1) is 21.5. The lowest BCUT2D eigenvalue weighted by atomic mass is 10.1. The van der Waals surface area contributed by atoms with Crippen LogP contribution >= 0.6 is 0 Å². The molecule has 0 aliphatic carbocycles. The molecule has 0 aliphatic rings. The molecule has 7 heteroatoms. The minimum absolute atomic E-state index is 0.436. The van der Waals surface area contributed by atoms with Crippen molar-refractivity contribution in [3.63, 3.8) is 0 Å². The Morgan fingerprint density at radius 1 is 0.333 bits per heavy atom. The van der Waals surface area contributed by atoms with Crippen molar-refractivity contribution in [2.75, 3.05) is 0 Å². The summed E-state index contributed by atoms with van der Waals surface area (Å²) in [6.07, 6.45) is 10.7. The van der Waals surface area contributed by atoms with Gasteiger partial charge in [0.05, 0.1) is 5.69 Å². The SMILES string of the molecule is CC(C)c1ccccn1.CC(C)c1ccccn1.CC(C)c1ccccn1.CC(C)c1cccnn1.CC(C)c1ncccn1. The maximum atomic E-state index is 4.18. The number of hydrogen-bond acceptors (Lipinski definition) is 7. The lowest BCUT2D eigenvalue weighted by Crippen LogP contribution is -1.93. The average molecular weight is 608 g/mol. The van der Waals surface area contributed by atoms with Gasteiger partial charge in [0.2, 0.25) is 0 Å². The van der Waals surface area contributed by atoms with Crippen LogP contribution < -0.4 is 0 Å². The summed E-state index contributed by atoms with van der Waals surface area (Å²) in [7, 11) is 0. The predicted molar refractivity (Wildman–Crippen MR) is 187 cm³/mol. The van der Waals surface area contributed by atoms with Gasteiger partial charge in [-0.1, -0.05) is 87.4 Å². The van der Waals surface area contributed by atoms with Gasteiger partial charge in [0.15, 0.2) is 0 Å². The molecule has 0 saturated heterocycles. The van der Waals surface area contributed by atoms with E-state index in [1.54, 1.807) is 18.6 Å². The second-order valence-corrected chi connectivity index (χ2v) is 11.8. The van der Waals surface area contributed by atoms with E-state index in [4.69, 9.17) is 0 Å². The van der Waals surface area contributed by atoms with E-state index in [0.29, 0.717) is 29.6 Å². The highest BCUT2D eigenvalue weighted by Gasteiger charge is 1.99. The number of rotatable bonds is 5. The van der Waals surface area contributed by atoms with Crippen molar-refractivity contribution in [3.8, 4) is 0 Å². The number of pyridine rings is 3. The Kier molecular flexibility index (Phi) is 19.8. The molecule has 240 valence electrons. The standard InChI is InChI=1S/3C8H11N.2C7H10N2/c3*1-7(2)8-5-3-4-6-9-8;1-6(2)7-8-4-3-5-9-7;1-6(2)7-4-3-5-8-9-7/h3*3-7H,1-2H3;2*3-6H,1-2H3. The van der Waals surface area contributed by atoms with Crippen molar-refractivity contribution in [1.29, 1.82) is 0 Å². The van der Waals surface area contributed by atoms with Crippen molar-refractivity contribution in [2.45, 2.75) is 98.8 Å². The highest BCUT2D eigenvalue weighted by Crippen LogP contribution is 2.10. The Balaban J connectivity index is 0.000000281. The molecule has 0 saturated carbocycles. The van der Waals surface area contributed by atoms with Crippen LogP contribution in [-0.4, -0.2) is 35.1 Å². The molecule has 0 spiro atoms. The fourth-order valence-electron chi connectivity index (χ4n) is 3.38. The summed E-state index contributed by atoms with van der Waals surface area (Å²) in [6.45, 7) is 21.2. The van der Waals surface area contributed by atoms with Crippen LogP contribution in [-0.2, 0) is 0 Å². The van der Waals surface area contributed by atoms with Crippen LogP contribution in [0.15, 0.2) is 110 Å². The van der Waals surface area contributed by atoms with Crippen LogP contribution in [0.3, 0.4) is 0 Å². The van der Waals surface area contributed by atoms with Crippen molar-refractivity contribution in [2.24, 2.45) is 0 Å². The van der Waals surface area contributed by atoms with Gasteiger partial charge in [0.25, 0.3) is 0 Å². The molecule has 0 bridgehead atoms. The summed E-state index contributed by atoms with van der Waals surface area (Å²) in [5.41, 5.74) is 4.55. The fraction of sp³-hybridized carbons (Fsp3) is 0.395. The molecule has 5 aromatic rings. The largest absolute Gasteiger partial charge is 0.261 e. The Morgan fingerprint density at radius 2 is 0.689 bits per heavy atom. The van der Waals surface area contributed by atoms with Gasteiger partial charge in [-0.05, 0) is 78.3 Å². The van der Waals surface area contributed by atoms with Gasteiger partial charge in [0, 0.05) is 60.2 Å². The molecular formula is C38H53N7. The summed E-state index contributed by atoms with van der Waals surface area (Å²) < 4.78 is 0. The van der Waals surface area contributed by atoms with E-state index in [9.17, 15) is 0 Å². The van der Waals surface area contributed by atoms with Gasteiger partial charge < -0.3 is 0 Å². The van der Waals surface area contributed by atoms with Gasteiger partial charge in [-0.2, -0.15) is 10.2 Å². The molecule has 0 unspecified atom stereocenters. The molecule has 0 fully saturated rings. The lowest BCUT2D eigenvalue weighted by Gasteiger charge is -2.00. The quantitative estimate of drug-likeness (QED) is 0.196. The van der Waals surface area contributed by atoms with Crippen LogP contribution in [0.1, 0.15) is 127 Å². The zero-order valence-electron chi connectivity index (χ0n) is 28.9. The molecule has 7 nitrogen and oxygen atoms in total. The first-order valence-electron chi connectivity index (χ1n) is 15.8. The van der Waals surface area contributed by atoms with E-state index in [1.807, 2.05) is 91.4 Å². The third-order valence-electron chi connectivity index (χ3n) is 6.12. The molecular weight excluding hydrogens is 554 g/mol. The minimum atomic E-state index is 0.436. The smallest absolute Gasteiger partial charge is 0.130 e. The molecule has 0 amide bonds.